The molecule has 7 nitrogen and oxygen atoms in total. The number of hydrogen-bond donors (Lipinski definition) is 0. The molecule has 0 saturated carbocycles. The molecule has 0 radical (unpaired) electrons. The lowest BCUT2D eigenvalue weighted by atomic mass is 10.3. The zero-order valence-corrected chi connectivity index (χ0v) is 12.4. The van der Waals surface area contributed by atoms with Crippen LogP contribution in [0.5, 0.6) is 0 Å². The fourth-order valence-electron chi connectivity index (χ4n) is 1.75. The van der Waals surface area contributed by atoms with Gasteiger partial charge in [0.25, 0.3) is 0 Å². The van der Waals surface area contributed by atoms with Gasteiger partial charge in [-0.1, -0.05) is 6.92 Å². The molecule has 0 atom stereocenters. The van der Waals surface area contributed by atoms with Crippen molar-refractivity contribution in [3.8, 4) is 0 Å². The minimum Gasteiger partial charge on any atom is -0.424 e. The average Bonchev–Trinajstić information content (AvgIpc) is 2.86. The third-order valence-corrected chi connectivity index (χ3v) is 2.76. The molecular formula is C13H20N6O. The molecule has 0 aliphatic carbocycles. The second-order valence-corrected chi connectivity index (χ2v) is 4.90. The summed E-state index contributed by atoms with van der Waals surface area (Å²) >= 11 is 0. The van der Waals surface area contributed by atoms with Crippen molar-refractivity contribution in [3.05, 3.63) is 29.7 Å². The van der Waals surface area contributed by atoms with Gasteiger partial charge in [0.2, 0.25) is 17.7 Å². The Bertz CT molecular complexity index is 536. The first kappa shape index (κ1) is 14.4. The van der Waals surface area contributed by atoms with E-state index >= 15 is 0 Å². The number of rotatable bonds is 6. The largest absolute Gasteiger partial charge is 0.424 e. The van der Waals surface area contributed by atoms with Gasteiger partial charge in [0.1, 0.15) is 0 Å². The standard InChI is InChI=1S/C13H20N6O/c1-5-11-16-17-12(20-11)9-19(4)8-10-6-14-13(15-7-10)18(2)3/h6-7H,5,8-9H2,1-4H3. The molecule has 20 heavy (non-hydrogen) atoms. The minimum atomic E-state index is 0.614. The topological polar surface area (TPSA) is 71.2 Å². The fraction of sp³-hybridized carbons (Fsp3) is 0.538. The maximum Gasteiger partial charge on any atom is 0.230 e. The van der Waals surface area contributed by atoms with Crippen LogP contribution in [0.2, 0.25) is 0 Å². The predicted molar refractivity (Wildman–Crippen MR) is 75.2 cm³/mol. The Kier molecular flexibility index (Phi) is 4.62. The summed E-state index contributed by atoms with van der Waals surface area (Å²) < 4.78 is 5.49. The van der Waals surface area contributed by atoms with Crippen molar-refractivity contribution < 1.29 is 4.42 Å². The predicted octanol–water partition coefficient (Wildman–Crippen LogP) is 1.12. The summed E-state index contributed by atoms with van der Waals surface area (Å²) in [6, 6.07) is 0. The van der Waals surface area contributed by atoms with Gasteiger partial charge < -0.3 is 9.32 Å². The van der Waals surface area contributed by atoms with Crippen LogP contribution in [0, 0.1) is 0 Å². The molecule has 2 aromatic heterocycles. The maximum atomic E-state index is 5.49. The number of aromatic nitrogens is 4. The van der Waals surface area contributed by atoms with Crippen LogP contribution in [0.1, 0.15) is 24.3 Å². The first-order chi connectivity index (χ1) is 9.58. The van der Waals surface area contributed by atoms with E-state index < -0.39 is 0 Å². The van der Waals surface area contributed by atoms with E-state index in [1.54, 1.807) is 0 Å². The Labute approximate surface area is 118 Å². The van der Waals surface area contributed by atoms with Crippen LogP contribution in [-0.4, -0.2) is 46.2 Å². The summed E-state index contributed by atoms with van der Waals surface area (Å²) in [5.74, 6) is 2.02. The zero-order valence-electron chi connectivity index (χ0n) is 12.4. The Morgan fingerprint density at radius 1 is 1.00 bits per heavy atom. The zero-order chi connectivity index (χ0) is 14.5. The van der Waals surface area contributed by atoms with Crippen LogP contribution in [0.15, 0.2) is 16.8 Å². The summed E-state index contributed by atoms with van der Waals surface area (Å²) in [4.78, 5) is 12.5. The van der Waals surface area contributed by atoms with Crippen molar-refractivity contribution in [2.45, 2.75) is 26.4 Å². The van der Waals surface area contributed by atoms with Crippen molar-refractivity contribution >= 4 is 5.95 Å². The monoisotopic (exact) mass is 276 g/mol. The van der Waals surface area contributed by atoms with Crippen molar-refractivity contribution in [3.63, 3.8) is 0 Å². The van der Waals surface area contributed by atoms with E-state index in [1.165, 1.54) is 0 Å². The van der Waals surface area contributed by atoms with Gasteiger partial charge in [-0.25, -0.2) is 9.97 Å². The third kappa shape index (κ3) is 3.74. The van der Waals surface area contributed by atoms with Gasteiger partial charge in [0.05, 0.1) is 6.54 Å². The van der Waals surface area contributed by atoms with E-state index in [9.17, 15) is 0 Å². The van der Waals surface area contributed by atoms with E-state index in [0.29, 0.717) is 24.3 Å². The van der Waals surface area contributed by atoms with Gasteiger partial charge in [-0.05, 0) is 7.05 Å². The molecular weight excluding hydrogens is 256 g/mol. The minimum absolute atomic E-state index is 0.614. The molecule has 2 heterocycles. The first-order valence-electron chi connectivity index (χ1n) is 6.56. The van der Waals surface area contributed by atoms with E-state index in [2.05, 4.69) is 25.1 Å². The Balaban J connectivity index is 1.92. The molecule has 0 aliphatic rings. The van der Waals surface area contributed by atoms with Crippen molar-refractivity contribution in [1.82, 2.24) is 25.1 Å². The molecule has 0 fully saturated rings. The summed E-state index contributed by atoms with van der Waals surface area (Å²) in [7, 11) is 5.83. The highest BCUT2D eigenvalue weighted by atomic mass is 16.4. The molecule has 0 unspecified atom stereocenters. The molecule has 0 saturated heterocycles. The lowest BCUT2D eigenvalue weighted by molar-refractivity contribution is 0.277. The fourth-order valence-corrected chi connectivity index (χ4v) is 1.75. The number of aryl methyl sites for hydroxylation is 1. The smallest absolute Gasteiger partial charge is 0.230 e. The number of nitrogens with zero attached hydrogens (tertiary/aromatic N) is 6. The normalized spacial score (nSPS) is 11.1. The van der Waals surface area contributed by atoms with Crippen LogP contribution in [0.25, 0.3) is 0 Å². The highest BCUT2D eigenvalue weighted by Crippen LogP contribution is 2.08. The molecule has 2 rings (SSSR count). The number of anilines is 1. The van der Waals surface area contributed by atoms with Crippen LogP contribution < -0.4 is 4.90 Å². The molecule has 0 bridgehead atoms. The van der Waals surface area contributed by atoms with Crippen LogP contribution in [0.4, 0.5) is 5.95 Å². The Morgan fingerprint density at radius 3 is 2.20 bits per heavy atom. The van der Waals surface area contributed by atoms with Gasteiger partial charge in [-0.2, -0.15) is 0 Å². The van der Waals surface area contributed by atoms with Gasteiger partial charge in [-0.15, -0.1) is 10.2 Å². The van der Waals surface area contributed by atoms with Crippen LogP contribution in [-0.2, 0) is 19.5 Å². The first-order valence-corrected chi connectivity index (χ1v) is 6.56. The van der Waals surface area contributed by atoms with Crippen LogP contribution >= 0.6 is 0 Å². The lowest BCUT2D eigenvalue weighted by Crippen LogP contribution is -2.18. The highest BCUT2D eigenvalue weighted by molar-refractivity contribution is 5.26. The Hall–Kier alpha value is -2.02. The van der Waals surface area contributed by atoms with E-state index in [4.69, 9.17) is 4.42 Å². The summed E-state index contributed by atoms with van der Waals surface area (Å²) in [6.07, 6.45) is 4.44. The molecule has 0 amide bonds. The second kappa shape index (κ2) is 6.42. The van der Waals surface area contributed by atoms with Crippen molar-refractivity contribution in [2.24, 2.45) is 0 Å². The summed E-state index contributed by atoms with van der Waals surface area (Å²) in [6.45, 7) is 3.34. The van der Waals surface area contributed by atoms with Crippen LogP contribution in [0.3, 0.4) is 0 Å². The molecule has 7 heteroatoms. The SMILES string of the molecule is CCc1nnc(CN(C)Cc2cnc(N(C)C)nc2)o1. The van der Waals surface area contributed by atoms with Gasteiger partial charge >= 0.3 is 0 Å². The van der Waals surface area contributed by atoms with Gasteiger partial charge in [0.15, 0.2) is 0 Å². The quantitative estimate of drug-likeness (QED) is 0.783. The van der Waals surface area contributed by atoms with Gasteiger partial charge in [0, 0.05) is 45.0 Å². The summed E-state index contributed by atoms with van der Waals surface area (Å²) in [5, 5.41) is 7.96. The van der Waals surface area contributed by atoms with E-state index in [-0.39, 0.29) is 0 Å². The average molecular weight is 276 g/mol. The molecule has 0 aromatic carbocycles. The van der Waals surface area contributed by atoms with E-state index in [0.717, 1.165) is 18.5 Å². The molecule has 0 N–H and O–H groups in total. The molecule has 0 spiro atoms. The molecule has 108 valence electrons. The Morgan fingerprint density at radius 2 is 1.65 bits per heavy atom. The third-order valence-electron chi connectivity index (χ3n) is 2.76. The summed E-state index contributed by atoms with van der Waals surface area (Å²) in [5.41, 5.74) is 1.05. The van der Waals surface area contributed by atoms with Crippen molar-refractivity contribution in [1.29, 1.82) is 0 Å². The lowest BCUT2D eigenvalue weighted by Gasteiger charge is -2.15. The maximum absolute atomic E-state index is 5.49. The van der Waals surface area contributed by atoms with E-state index in [1.807, 2.05) is 45.4 Å². The van der Waals surface area contributed by atoms with Crippen molar-refractivity contribution in [2.75, 3.05) is 26.0 Å². The number of hydrogen-bond acceptors (Lipinski definition) is 7. The molecule has 2 aromatic rings. The molecule has 0 aliphatic heterocycles. The second-order valence-electron chi connectivity index (χ2n) is 4.90. The van der Waals surface area contributed by atoms with Gasteiger partial charge in [-0.3, -0.25) is 4.90 Å². The highest BCUT2D eigenvalue weighted by Gasteiger charge is 2.09.